The van der Waals surface area contributed by atoms with Gasteiger partial charge in [-0.15, -0.1) is 0 Å². The van der Waals surface area contributed by atoms with Crippen LogP contribution in [0.3, 0.4) is 0 Å². The van der Waals surface area contributed by atoms with Gasteiger partial charge in [0.15, 0.2) is 0 Å². The maximum Gasteiger partial charge on any atom is 0.300 e. The van der Waals surface area contributed by atoms with E-state index in [0.29, 0.717) is 0 Å². The molecular weight excluding hydrogens is 414 g/mol. The Bertz CT molecular complexity index is 224. The number of carbonyl (C=O) groups is 5. The van der Waals surface area contributed by atoms with Crippen LogP contribution < -0.4 is 0 Å². The van der Waals surface area contributed by atoms with Gasteiger partial charge in [-0.2, -0.15) is 0 Å². The molecule has 0 aromatic rings. The van der Waals surface area contributed by atoms with Crippen LogP contribution in [-0.4, -0.2) is 144 Å². The normalized spacial score (nSPS) is 5.21. The Balaban J connectivity index is -0.0000000161. The monoisotopic (exact) mass is 433 g/mol. The third kappa shape index (κ3) is 11700. The van der Waals surface area contributed by atoms with Crippen molar-refractivity contribution in [1.82, 2.24) is 0 Å². The van der Waals surface area contributed by atoms with Crippen LogP contribution in [0, 0.1) is 0 Å². The summed E-state index contributed by atoms with van der Waals surface area (Å²) >= 11 is 0. The van der Waals surface area contributed by atoms with Crippen molar-refractivity contribution in [2.75, 3.05) is 0 Å². The molecule has 0 aliphatic carbocycles. The minimum Gasteiger partial charge on any atom is -0.481 e. The molecule has 0 aliphatic heterocycles. The van der Waals surface area contributed by atoms with E-state index in [-0.39, 0.29) is 108 Å². The van der Waals surface area contributed by atoms with Gasteiger partial charge in [0.25, 0.3) is 29.8 Å². The topological polar surface area (TPSA) is 186 Å². The molecule has 0 amide bonds. The first-order valence-corrected chi connectivity index (χ1v) is 4.64. The smallest absolute Gasteiger partial charge is 0.300 e. The SMILES string of the molecule is CC(=O)O.CC(=O)O.CC(=O)O.CC(=O)O.CC(=O)O.[Na].[Na].[Na].[Zn]. The maximum absolute atomic E-state index is 9.00. The van der Waals surface area contributed by atoms with Gasteiger partial charge in [0.2, 0.25) is 0 Å². The van der Waals surface area contributed by atoms with E-state index in [0.717, 1.165) is 34.6 Å². The van der Waals surface area contributed by atoms with Crippen LogP contribution >= 0.6 is 0 Å². The van der Waals surface area contributed by atoms with Crippen molar-refractivity contribution < 1.29 is 69.0 Å². The van der Waals surface area contributed by atoms with Crippen molar-refractivity contribution in [2.45, 2.75) is 34.6 Å². The van der Waals surface area contributed by atoms with Crippen LogP contribution in [0.25, 0.3) is 0 Å². The molecule has 0 spiro atoms. The Morgan fingerprint density at radius 3 is 0.417 bits per heavy atom. The first-order valence-electron chi connectivity index (χ1n) is 4.64. The first kappa shape index (κ1) is 56.3. The third-order valence-corrected chi connectivity index (χ3v) is 0. The molecule has 0 aromatic heterocycles. The predicted octanol–water partition coefficient (Wildman–Crippen LogP) is -0.690. The van der Waals surface area contributed by atoms with Crippen LogP contribution in [0.15, 0.2) is 0 Å². The van der Waals surface area contributed by atoms with Crippen molar-refractivity contribution in [3.05, 3.63) is 0 Å². The number of aliphatic carboxylic acids is 5. The molecule has 0 fully saturated rings. The minimum absolute atomic E-state index is 0. The van der Waals surface area contributed by atoms with Crippen molar-refractivity contribution in [3.8, 4) is 0 Å². The molecule has 3 radical (unpaired) electrons. The Morgan fingerprint density at radius 1 is 0.417 bits per heavy atom. The summed E-state index contributed by atoms with van der Waals surface area (Å²) in [5.41, 5.74) is 0. The molecule has 14 heteroatoms. The zero-order chi connectivity index (χ0) is 17.9. The molecule has 0 aliphatic rings. The van der Waals surface area contributed by atoms with Crippen LogP contribution in [-0.2, 0) is 43.5 Å². The fourth-order valence-corrected chi connectivity index (χ4v) is 0. The molecular formula is C10H20Na3O10Zn. The molecule has 0 aromatic carbocycles. The third-order valence-electron chi connectivity index (χ3n) is 0. The number of carboxylic acid groups (broad SMARTS) is 5. The molecule has 125 valence electrons. The number of hydrogen-bond acceptors (Lipinski definition) is 5. The van der Waals surface area contributed by atoms with Gasteiger partial charge in [0, 0.05) is 143 Å². The van der Waals surface area contributed by atoms with Gasteiger partial charge < -0.3 is 25.5 Å². The van der Waals surface area contributed by atoms with E-state index in [4.69, 9.17) is 49.5 Å². The number of hydrogen-bond donors (Lipinski definition) is 5. The summed E-state index contributed by atoms with van der Waals surface area (Å²) < 4.78 is 0. The summed E-state index contributed by atoms with van der Waals surface area (Å²) in [6, 6.07) is 0. The molecule has 0 rings (SSSR count). The number of rotatable bonds is 0. The summed E-state index contributed by atoms with van der Waals surface area (Å²) in [6.07, 6.45) is 0. The Kier molecular flexibility index (Phi) is 116. The summed E-state index contributed by atoms with van der Waals surface area (Å²) in [5.74, 6) is -4.17. The second-order valence-electron chi connectivity index (χ2n) is 2.60. The molecule has 0 saturated carbocycles. The predicted molar refractivity (Wildman–Crippen MR) is 83.8 cm³/mol. The zero-order valence-corrected chi connectivity index (χ0v) is 24.5. The van der Waals surface area contributed by atoms with Crippen molar-refractivity contribution in [1.29, 1.82) is 0 Å². The van der Waals surface area contributed by atoms with Crippen LogP contribution in [0.4, 0.5) is 0 Å². The second-order valence-corrected chi connectivity index (χ2v) is 2.60. The molecule has 0 saturated heterocycles. The molecule has 0 heterocycles. The molecule has 10 nitrogen and oxygen atoms in total. The molecule has 0 bridgehead atoms. The summed E-state index contributed by atoms with van der Waals surface area (Å²) in [4.78, 5) is 45.0. The van der Waals surface area contributed by atoms with Gasteiger partial charge in [-0.1, -0.05) is 0 Å². The zero-order valence-electron chi connectivity index (χ0n) is 15.5. The van der Waals surface area contributed by atoms with Gasteiger partial charge in [-0.3, -0.25) is 24.0 Å². The van der Waals surface area contributed by atoms with Crippen LogP contribution in [0.5, 0.6) is 0 Å². The van der Waals surface area contributed by atoms with E-state index in [1.165, 1.54) is 0 Å². The standard InChI is InChI=1S/5C2H4O2.3Na.Zn/c5*1-2(3)4;;;;/h5*1H3,(H,3,4);;;;. The van der Waals surface area contributed by atoms with Crippen LogP contribution in [0.2, 0.25) is 0 Å². The molecule has 24 heavy (non-hydrogen) atoms. The van der Waals surface area contributed by atoms with Crippen molar-refractivity contribution >= 4 is 119 Å². The summed E-state index contributed by atoms with van der Waals surface area (Å²) in [6.45, 7) is 5.42. The average molecular weight is 435 g/mol. The maximum atomic E-state index is 9.00. The minimum atomic E-state index is -0.833. The van der Waals surface area contributed by atoms with Gasteiger partial charge in [-0.25, -0.2) is 0 Å². The summed E-state index contributed by atoms with van der Waals surface area (Å²) in [5, 5.41) is 37.1. The van der Waals surface area contributed by atoms with E-state index in [2.05, 4.69) is 0 Å². The Labute approximate surface area is 219 Å². The average Bonchev–Trinajstić information content (AvgIpc) is 1.94. The number of carboxylic acids is 5. The van der Waals surface area contributed by atoms with Crippen LogP contribution in [0.1, 0.15) is 34.6 Å². The quantitative estimate of drug-likeness (QED) is 0.305. The van der Waals surface area contributed by atoms with E-state index >= 15 is 0 Å². The van der Waals surface area contributed by atoms with E-state index in [9.17, 15) is 0 Å². The van der Waals surface area contributed by atoms with E-state index in [1.807, 2.05) is 0 Å². The molecule has 0 atom stereocenters. The van der Waals surface area contributed by atoms with Crippen molar-refractivity contribution in [2.24, 2.45) is 0 Å². The van der Waals surface area contributed by atoms with Gasteiger partial charge in [0.05, 0.1) is 0 Å². The van der Waals surface area contributed by atoms with E-state index in [1.54, 1.807) is 0 Å². The van der Waals surface area contributed by atoms with Crippen molar-refractivity contribution in [3.63, 3.8) is 0 Å². The second kappa shape index (κ2) is 49.6. The first-order chi connectivity index (χ1) is 8.66. The van der Waals surface area contributed by atoms with Gasteiger partial charge >= 0.3 is 0 Å². The largest absolute Gasteiger partial charge is 0.481 e. The fraction of sp³-hybridized carbons (Fsp3) is 0.500. The summed E-state index contributed by atoms with van der Waals surface area (Å²) in [7, 11) is 0. The Morgan fingerprint density at radius 2 is 0.417 bits per heavy atom. The molecule has 5 N–H and O–H groups in total. The Hall–Kier alpha value is 0.973. The van der Waals surface area contributed by atoms with Gasteiger partial charge in [-0.05, 0) is 0 Å². The van der Waals surface area contributed by atoms with E-state index < -0.39 is 29.8 Å². The molecule has 0 unspecified atom stereocenters. The van der Waals surface area contributed by atoms with Gasteiger partial charge in [0.1, 0.15) is 0 Å². The fourth-order valence-electron chi connectivity index (χ4n) is 0.